The maximum atomic E-state index is 13.9. The third-order valence-electron chi connectivity index (χ3n) is 6.06. The van der Waals surface area contributed by atoms with Gasteiger partial charge in [-0.25, -0.2) is 8.42 Å². The molecule has 0 saturated heterocycles. The summed E-state index contributed by atoms with van der Waals surface area (Å²) in [7, 11) is -4.15. The van der Waals surface area contributed by atoms with Gasteiger partial charge in [0.25, 0.3) is 10.0 Å². The number of aryl methyl sites for hydroxylation is 1. The van der Waals surface area contributed by atoms with Crippen LogP contribution in [0.5, 0.6) is 5.75 Å². The second kappa shape index (κ2) is 12.2. The molecular formula is C30H29ClN2O4S. The van der Waals surface area contributed by atoms with Crippen molar-refractivity contribution < 1.29 is 17.9 Å². The van der Waals surface area contributed by atoms with Gasteiger partial charge in [-0.2, -0.15) is 0 Å². The second-order valence-corrected chi connectivity index (χ2v) is 10.9. The molecule has 0 aliphatic rings. The quantitative estimate of drug-likeness (QED) is 0.258. The number of hydrogen-bond acceptors (Lipinski definition) is 4. The Labute approximate surface area is 228 Å². The minimum Gasteiger partial charge on any atom is -0.492 e. The van der Waals surface area contributed by atoms with Crippen molar-refractivity contribution in [2.75, 3.05) is 17.5 Å². The number of hydrogen-bond donors (Lipinski definition) is 1. The van der Waals surface area contributed by atoms with Crippen molar-refractivity contribution in [2.24, 2.45) is 0 Å². The first kappa shape index (κ1) is 27.2. The molecule has 0 aromatic heterocycles. The smallest absolute Gasteiger partial charge is 0.264 e. The molecule has 0 fully saturated rings. The van der Waals surface area contributed by atoms with Crippen molar-refractivity contribution in [1.82, 2.24) is 5.32 Å². The lowest BCUT2D eigenvalue weighted by Crippen LogP contribution is -2.42. The van der Waals surface area contributed by atoms with Crippen LogP contribution in [0.25, 0.3) is 0 Å². The van der Waals surface area contributed by atoms with Gasteiger partial charge in [0.2, 0.25) is 5.91 Å². The predicted molar refractivity (Wildman–Crippen MR) is 151 cm³/mol. The van der Waals surface area contributed by atoms with E-state index in [1.54, 1.807) is 24.3 Å². The molecule has 4 aromatic rings. The molecule has 6 nitrogen and oxygen atoms in total. The average molecular weight is 549 g/mol. The zero-order chi connectivity index (χ0) is 27.1. The number of amides is 1. The van der Waals surface area contributed by atoms with Gasteiger partial charge >= 0.3 is 0 Å². The average Bonchev–Trinajstić information content (AvgIpc) is 2.92. The van der Waals surface area contributed by atoms with E-state index in [-0.39, 0.29) is 10.6 Å². The van der Waals surface area contributed by atoms with Gasteiger partial charge in [-0.15, -0.1) is 0 Å². The van der Waals surface area contributed by atoms with Crippen molar-refractivity contribution in [3.05, 3.63) is 125 Å². The molecule has 4 rings (SSSR count). The number of benzene rings is 4. The van der Waals surface area contributed by atoms with E-state index in [4.69, 9.17) is 16.3 Å². The number of carbonyl (C=O) groups excluding carboxylic acids is 1. The summed E-state index contributed by atoms with van der Waals surface area (Å²) in [6.45, 7) is 3.67. The third kappa shape index (κ3) is 6.18. The molecule has 0 spiro atoms. The fourth-order valence-electron chi connectivity index (χ4n) is 4.21. The van der Waals surface area contributed by atoms with Crippen LogP contribution >= 0.6 is 11.6 Å². The number of halogens is 1. The molecule has 0 saturated carbocycles. The van der Waals surface area contributed by atoms with Crippen LogP contribution in [0.4, 0.5) is 5.69 Å². The highest BCUT2D eigenvalue weighted by atomic mass is 35.5. The minimum atomic E-state index is -4.15. The van der Waals surface area contributed by atoms with Crippen LogP contribution < -0.4 is 14.4 Å². The van der Waals surface area contributed by atoms with Gasteiger partial charge in [0.15, 0.2) is 0 Å². The molecule has 0 radical (unpaired) electrons. The van der Waals surface area contributed by atoms with Gasteiger partial charge in [-0.1, -0.05) is 78.3 Å². The first-order valence-electron chi connectivity index (χ1n) is 12.2. The van der Waals surface area contributed by atoms with Crippen molar-refractivity contribution in [3.63, 3.8) is 0 Å². The number of ether oxygens (including phenoxy) is 1. The summed E-state index contributed by atoms with van der Waals surface area (Å²) in [4.78, 5) is 13.6. The van der Waals surface area contributed by atoms with Gasteiger partial charge in [-0.3, -0.25) is 9.10 Å². The monoisotopic (exact) mass is 548 g/mol. The van der Waals surface area contributed by atoms with Crippen LogP contribution in [-0.2, 0) is 14.8 Å². The molecular weight excluding hydrogens is 520 g/mol. The second-order valence-electron chi connectivity index (χ2n) is 8.63. The number of para-hydroxylation sites is 2. The summed E-state index contributed by atoms with van der Waals surface area (Å²) in [6.07, 6.45) is 0. The van der Waals surface area contributed by atoms with Crippen LogP contribution in [0, 0.1) is 6.92 Å². The van der Waals surface area contributed by atoms with Crippen LogP contribution in [0.2, 0.25) is 5.02 Å². The molecule has 0 bridgehead atoms. The third-order valence-corrected chi connectivity index (χ3v) is 8.09. The van der Waals surface area contributed by atoms with Crippen molar-refractivity contribution in [3.8, 4) is 5.75 Å². The molecule has 1 amide bonds. The van der Waals surface area contributed by atoms with E-state index in [1.807, 2.05) is 68.4 Å². The standard InChI is InChI=1S/C30H29ClN2O4S/c1-3-37-28-16-10-9-15-27(28)33(38(35,36)25-19-17-24(31)18-20-25)21-29(34)32-30(23-12-5-4-6-13-23)26-14-8-7-11-22(26)2/h4-20,30H,3,21H2,1-2H3,(H,32,34)/t30-/m1/s1. The lowest BCUT2D eigenvalue weighted by molar-refractivity contribution is -0.120. The summed E-state index contributed by atoms with van der Waals surface area (Å²) in [6, 6.07) is 29.5. The van der Waals surface area contributed by atoms with Crippen molar-refractivity contribution in [2.45, 2.75) is 24.8 Å². The number of rotatable bonds is 10. The maximum Gasteiger partial charge on any atom is 0.264 e. The highest BCUT2D eigenvalue weighted by molar-refractivity contribution is 7.92. The number of sulfonamides is 1. The number of nitrogens with one attached hydrogen (secondary N) is 1. The van der Waals surface area contributed by atoms with Gasteiger partial charge in [0.05, 0.1) is 23.2 Å². The fourth-order valence-corrected chi connectivity index (χ4v) is 5.77. The maximum absolute atomic E-state index is 13.9. The van der Waals surface area contributed by atoms with E-state index >= 15 is 0 Å². The molecule has 0 heterocycles. The van der Waals surface area contributed by atoms with Gasteiger partial charge < -0.3 is 10.1 Å². The molecule has 38 heavy (non-hydrogen) atoms. The Morgan fingerprint density at radius 3 is 2.21 bits per heavy atom. The number of carbonyl (C=O) groups is 1. The first-order valence-corrected chi connectivity index (χ1v) is 14.0. The highest BCUT2D eigenvalue weighted by Crippen LogP contribution is 2.33. The number of anilines is 1. The molecule has 0 unspecified atom stereocenters. The van der Waals surface area contributed by atoms with E-state index < -0.39 is 28.5 Å². The SMILES string of the molecule is CCOc1ccccc1N(CC(=O)N[C@H](c1ccccc1)c1ccccc1C)S(=O)(=O)c1ccc(Cl)cc1. The predicted octanol–water partition coefficient (Wildman–Crippen LogP) is 6.15. The molecule has 0 aliphatic carbocycles. The van der Waals surface area contributed by atoms with Gasteiger partial charge in [0.1, 0.15) is 12.3 Å². The Kier molecular flexibility index (Phi) is 8.71. The summed E-state index contributed by atoms with van der Waals surface area (Å²) in [5.74, 6) is -0.107. The highest BCUT2D eigenvalue weighted by Gasteiger charge is 2.30. The van der Waals surface area contributed by atoms with E-state index in [0.29, 0.717) is 17.4 Å². The largest absolute Gasteiger partial charge is 0.492 e. The lowest BCUT2D eigenvalue weighted by atomic mass is 9.95. The van der Waals surface area contributed by atoms with Crippen LogP contribution in [-0.4, -0.2) is 27.5 Å². The van der Waals surface area contributed by atoms with Crippen LogP contribution in [0.3, 0.4) is 0 Å². The molecule has 1 atom stereocenters. The Balaban J connectivity index is 1.74. The van der Waals surface area contributed by atoms with E-state index in [0.717, 1.165) is 21.0 Å². The van der Waals surface area contributed by atoms with Crippen molar-refractivity contribution in [1.29, 1.82) is 0 Å². The Bertz CT molecular complexity index is 1490. The Morgan fingerprint density at radius 2 is 1.53 bits per heavy atom. The zero-order valence-corrected chi connectivity index (χ0v) is 22.7. The molecule has 196 valence electrons. The lowest BCUT2D eigenvalue weighted by Gasteiger charge is -2.28. The van der Waals surface area contributed by atoms with E-state index in [1.165, 1.54) is 24.3 Å². The normalized spacial score (nSPS) is 12.0. The zero-order valence-electron chi connectivity index (χ0n) is 21.2. The van der Waals surface area contributed by atoms with Crippen LogP contribution in [0.1, 0.15) is 29.7 Å². The van der Waals surface area contributed by atoms with E-state index in [2.05, 4.69) is 5.32 Å². The molecule has 1 N–H and O–H groups in total. The van der Waals surface area contributed by atoms with Crippen LogP contribution in [0.15, 0.2) is 108 Å². The minimum absolute atomic E-state index is 0.0134. The topological polar surface area (TPSA) is 75.7 Å². The van der Waals surface area contributed by atoms with Crippen molar-refractivity contribution >= 4 is 33.2 Å². The fraction of sp³-hybridized carbons (Fsp3) is 0.167. The summed E-state index contributed by atoms with van der Waals surface area (Å²) in [5, 5.41) is 3.48. The Morgan fingerprint density at radius 1 is 0.895 bits per heavy atom. The van der Waals surface area contributed by atoms with E-state index in [9.17, 15) is 13.2 Å². The molecule has 4 aromatic carbocycles. The summed E-state index contributed by atoms with van der Waals surface area (Å²) in [5.41, 5.74) is 3.09. The summed E-state index contributed by atoms with van der Waals surface area (Å²) < 4.78 is 34.5. The van der Waals surface area contributed by atoms with Gasteiger partial charge in [-0.05, 0) is 66.9 Å². The summed E-state index contributed by atoms with van der Waals surface area (Å²) >= 11 is 6.00. The first-order chi connectivity index (χ1) is 18.3. The van der Waals surface area contributed by atoms with Gasteiger partial charge in [0, 0.05) is 5.02 Å². The molecule has 0 aliphatic heterocycles. The Hall–Kier alpha value is -3.81. The number of nitrogens with zero attached hydrogens (tertiary/aromatic N) is 1. The molecule has 8 heteroatoms.